The quantitative estimate of drug-likeness (QED) is 0.832. The molecule has 1 fully saturated rings. The van der Waals surface area contributed by atoms with E-state index in [4.69, 9.17) is 0 Å². The Balaban J connectivity index is 2.13. The zero-order valence-corrected chi connectivity index (χ0v) is 10.5. The van der Waals surface area contributed by atoms with Crippen LogP contribution >= 0.6 is 0 Å². The van der Waals surface area contributed by atoms with Gasteiger partial charge in [0.25, 0.3) is 0 Å². The Bertz CT molecular complexity index is 334. The Morgan fingerprint density at radius 2 is 2.38 bits per heavy atom. The van der Waals surface area contributed by atoms with Gasteiger partial charge in [0.15, 0.2) is 0 Å². The van der Waals surface area contributed by atoms with Crippen LogP contribution in [0.15, 0.2) is 12.5 Å². The minimum atomic E-state index is 0.613. The first-order valence-electron chi connectivity index (χ1n) is 6.06. The lowest BCUT2D eigenvalue weighted by molar-refractivity contribution is 0.157. The van der Waals surface area contributed by atoms with Crippen LogP contribution in [0.4, 0.5) is 0 Å². The van der Waals surface area contributed by atoms with Crippen molar-refractivity contribution in [2.45, 2.75) is 25.9 Å². The fourth-order valence-electron chi connectivity index (χ4n) is 2.70. The predicted molar refractivity (Wildman–Crippen MR) is 65.3 cm³/mol. The van der Waals surface area contributed by atoms with Crippen molar-refractivity contribution in [1.82, 2.24) is 19.8 Å². The molecular weight excluding hydrogens is 200 g/mol. The smallest absolute Gasteiger partial charge is 0.0951 e. The fraction of sp³-hybridized carbons (Fsp3) is 0.750. The van der Waals surface area contributed by atoms with E-state index in [0.29, 0.717) is 12.0 Å². The summed E-state index contributed by atoms with van der Waals surface area (Å²) < 4.78 is 2.36. The normalized spacial score (nSPS) is 27.2. The first-order valence-corrected chi connectivity index (χ1v) is 6.06. The van der Waals surface area contributed by atoms with Crippen molar-refractivity contribution >= 4 is 0 Å². The molecule has 16 heavy (non-hydrogen) atoms. The van der Waals surface area contributed by atoms with Crippen LogP contribution in [0.3, 0.4) is 0 Å². The van der Waals surface area contributed by atoms with Crippen LogP contribution in [0.25, 0.3) is 0 Å². The Morgan fingerprint density at radius 3 is 3.06 bits per heavy atom. The second kappa shape index (κ2) is 4.97. The average Bonchev–Trinajstić information content (AvgIpc) is 2.67. The summed E-state index contributed by atoms with van der Waals surface area (Å²) in [6.07, 6.45) is 5.19. The maximum atomic E-state index is 4.28. The molecule has 0 saturated carbocycles. The van der Waals surface area contributed by atoms with Crippen LogP contribution in [0, 0.1) is 5.92 Å². The van der Waals surface area contributed by atoms with E-state index in [1.807, 2.05) is 19.6 Å². The van der Waals surface area contributed by atoms with Gasteiger partial charge in [-0.25, -0.2) is 4.98 Å². The lowest BCUT2D eigenvalue weighted by Crippen LogP contribution is -2.38. The van der Waals surface area contributed by atoms with Crippen molar-refractivity contribution in [3.05, 3.63) is 18.2 Å². The number of rotatable bonds is 3. The van der Waals surface area contributed by atoms with E-state index in [1.165, 1.54) is 25.2 Å². The summed E-state index contributed by atoms with van der Waals surface area (Å²) in [6, 6.07) is 0.613. The molecule has 1 aliphatic rings. The SMILES string of the molecule is CNCc1cncn1C1CCN(C)CC1C. The number of nitrogens with zero attached hydrogens (tertiary/aromatic N) is 3. The second-order valence-electron chi connectivity index (χ2n) is 4.92. The van der Waals surface area contributed by atoms with Gasteiger partial charge < -0.3 is 14.8 Å². The van der Waals surface area contributed by atoms with Gasteiger partial charge in [0.05, 0.1) is 12.0 Å². The zero-order valence-electron chi connectivity index (χ0n) is 10.5. The molecule has 0 spiro atoms. The van der Waals surface area contributed by atoms with Gasteiger partial charge in [0.2, 0.25) is 0 Å². The van der Waals surface area contributed by atoms with E-state index in [0.717, 1.165) is 6.54 Å². The van der Waals surface area contributed by atoms with E-state index in [9.17, 15) is 0 Å². The Hall–Kier alpha value is -0.870. The molecule has 4 nitrogen and oxygen atoms in total. The van der Waals surface area contributed by atoms with Gasteiger partial charge in [-0.2, -0.15) is 0 Å². The highest BCUT2D eigenvalue weighted by molar-refractivity contribution is 5.01. The molecule has 0 aromatic carbocycles. The highest BCUT2D eigenvalue weighted by Gasteiger charge is 2.26. The van der Waals surface area contributed by atoms with Gasteiger partial charge >= 0.3 is 0 Å². The largest absolute Gasteiger partial charge is 0.330 e. The Morgan fingerprint density at radius 1 is 1.56 bits per heavy atom. The van der Waals surface area contributed by atoms with E-state index < -0.39 is 0 Å². The summed E-state index contributed by atoms with van der Waals surface area (Å²) in [6.45, 7) is 5.61. The first kappa shape index (κ1) is 11.6. The minimum Gasteiger partial charge on any atom is -0.330 e. The molecule has 1 aliphatic heterocycles. The molecular formula is C12H22N4. The molecule has 4 heteroatoms. The van der Waals surface area contributed by atoms with Crippen LogP contribution < -0.4 is 5.32 Å². The third-order valence-corrected chi connectivity index (χ3v) is 3.52. The van der Waals surface area contributed by atoms with Crippen molar-refractivity contribution in [1.29, 1.82) is 0 Å². The highest BCUT2D eigenvalue weighted by atomic mass is 15.2. The molecule has 2 heterocycles. The number of imidazole rings is 1. The maximum Gasteiger partial charge on any atom is 0.0951 e. The number of aromatic nitrogens is 2. The highest BCUT2D eigenvalue weighted by Crippen LogP contribution is 2.28. The van der Waals surface area contributed by atoms with Crippen LogP contribution in [0.1, 0.15) is 25.1 Å². The minimum absolute atomic E-state index is 0.613. The number of likely N-dealkylation sites (tertiary alicyclic amines) is 1. The molecule has 0 bridgehead atoms. The molecule has 2 atom stereocenters. The van der Waals surface area contributed by atoms with E-state index >= 15 is 0 Å². The number of hydrogen-bond acceptors (Lipinski definition) is 3. The van der Waals surface area contributed by atoms with Crippen LogP contribution in [0.2, 0.25) is 0 Å². The van der Waals surface area contributed by atoms with Crippen molar-refractivity contribution in [3.8, 4) is 0 Å². The van der Waals surface area contributed by atoms with E-state index in [-0.39, 0.29) is 0 Å². The molecule has 1 aromatic heterocycles. The van der Waals surface area contributed by atoms with Crippen molar-refractivity contribution < 1.29 is 0 Å². The van der Waals surface area contributed by atoms with E-state index in [2.05, 4.69) is 33.7 Å². The van der Waals surface area contributed by atoms with Crippen molar-refractivity contribution in [2.75, 3.05) is 27.2 Å². The number of nitrogens with one attached hydrogen (secondary N) is 1. The number of hydrogen-bond donors (Lipinski definition) is 1. The van der Waals surface area contributed by atoms with Gasteiger partial charge in [0, 0.05) is 25.3 Å². The zero-order chi connectivity index (χ0) is 11.5. The molecule has 0 radical (unpaired) electrons. The average molecular weight is 222 g/mol. The third-order valence-electron chi connectivity index (χ3n) is 3.52. The van der Waals surface area contributed by atoms with Gasteiger partial charge in [-0.15, -0.1) is 0 Å². The Kier molecular flexibility index (Phi) is 3.61. The van der Waals surface area contributed by atoms with Crippen molar-refractivity contribution in [2.24, 2.45) is 5.92 Å². The van der Waals surface area contributed by atoms with Crippen LogP contribution in [0.5, 0.6) is 0 Å². The second-order valence-corrected chi connectivity index (χ2v) is 4.92. The molecule has 0 amide bonds. The summed E-state index contributed by atoms with van der Waals surface area (Å²) in [5.74, 6) is 0.698. The lowest BCUT2D eigenvalue weighted by Gasteiger charge is -2.36. The topological polar surface area (TPSA) is 33.1 Å². The molecule has 2 unspecified atom stereocenters. The summed E-state index contributed by atoms with van der Waals surface area (Å²) >= 11 is 0. The summed E-state index contributed by atoms with van der Waals surface area (Å²) in [7, 11) is 4.19. The third kappa shape index (κ3) is 2.28. The maximum absolute atomic E-state index is 4.28. The Labute approximate surface area is 97.7 Å². The summed E-state index contributed by atoms with van der Waals surface area (Å²) in [5.41, 5.74) is 1.30. The molecule has 1 saturated heterocycles. The molecule has 90 valence electrons. The summed E-state index contributed by atoms with van der Waals surface area (Å²) in [5, 5.41) is 3.20. The standard InChI is InChI=1S/C12H22N4/c1-10-8-15(3)5-4-12(10)16-9-14-7-11(16)6-13-2/h7,9-10,12-13H,4-6,8H2,1-3H3. The molecule has 0 aliphatic carbocycles. The van der Waals surface area contributed by atoms with Crippen LogP contribution in [-0.4, -0.2) is 41.6 Å². The van der Waals surface area contributed by atoms with Gasteiger partial charge in [-0.1, -0.05) is 6.92 Å². The lowest BCUT2D eigenvalue weighted by atomic mass is 9.94. The fourth-order valence-corrected chi connectivity index (χ4v) is 2.70. The summed E-state index contributed by atoms with van der Waals surface area (Å²) in [4.78, 5) is 6.69. The van der Waals surface area contributed by atoms with Gasteiger partial charge in [-0.3, -0.25) is 0 Å². The number of piperidine rings is 1. The molecule has 1 aromatic rings. The van der Waals surface area contributed by atoms with Gasteiger partial charge in [-0.05, 0) is 33.0 Å². The van der Waals surface area contributed by atoms with E-state index in [1.54, 1.807) is 0 Å². The van der Waals surface area contributed by atoms with Crippen molar-refractivity contribution in [3.63, 3.8) is 0 Å². The molecule has 1 N–H and O–H groups in total. The monoisotopic (exact) mass is 222 g/mol. The van der Waals surface area contributed by atoms with Crippen LogP contribution in [-0.2, 0) is 6.54 Å². The molecule has 2 rings (SSSR count). The predicted octanol–water partition coefficient (Wildman–Crippen LogP) is 1.12. The van der Waals surface area contributed by atoms with Gasteiger partial charge in [0.1, 0.15) is 0 Å². The first-order chi connectivity index (χ1) is 7.72.